The van der Waals surface area contributed by atoms with Crippen molar-refractivity contribution in [2.24, 2.45) is 0 Å². The summed E-state index contributed by atoms with van der Waals surface area (Å²) >= 11 is 0. The van der Waals surface area contributed by atoms with E-state index in [1.54, 1.807) is 0 Å². The Kier molecular flexibility index (Phi) is 3.88. The predicted molar refractivity (Wildman–Crippen MR) is 85.5 cm³/mol. The zero-order valence-electron chi connectivity index (χ0n) is 11.4. The van der Waals surface area contributed by atoms with Crippen molar-refractivity contribution in [1.82, 2.24) is 4.98 Å². The number of rotatable bonds is 4. The molecule has 3 rings (SSSR count). The summed E-state index contributed by atoms with van der Waals surface area (Å²) in [6, 6.07) is 22.9. The molecule has 0 saturated carbocycles. The topological polar surface area (TPSA) is 12.9 Å². The van der Waals surface area contributed by atoms with Crippen LogP contribution in [0.5, 0.6) is 0 Å². The highest BCUT2D eigenvalue weighted by molar-refractivity contribution is 5.78. The van der Waals surface area contributed by atoms with Gasteiger partial charge < -0.3 is 0 Å². The van der Waals surface area contributed by atoms with Gasteiger partial charge in [-0.15, -0.1) is 0 Å². The van der Waals surface area contributed by atoms with E-state index in [0.717, 1.165) is 24.1 Å². The molecule has 0 atom stereocenters. The SMILES string of the molecule is C(=C\c1ccccc1)/CCc1ccc2ccccc2n1. The number of fused-ring (bicyclic) bond motifs is 1. The van der Waals surface area contributed by atoms with Gasteiger partial charge in [0.25, 0.3) is 0 Å². The first-order chi connectivity index (χ1) is 9.92. The molecule has 0 bridgehead atoms. The second-order valence-electron chi connectivity index (χ2n) is 4.85. The average molecular weight is 259 g/mol. The lowest BCUT2D eigenvalue weighted by Gasteiger charge is -2.01. The molecule has 0 fully saturated rings. The molecule has 0 aliphatic rings. The maximum absolute atomic E-state index is 4.69. The minimum atomic E-state index is 0.980. The van der Waals surface area contributed by atoms with Gasteiger partial charge in [0.1, 0.15) is 0 Å². The van der Waals surface area contributed by atoms with Crippen LogP contribution in [0.2, 0.25) is 0 Å². The highest BCUT2D eigenvalue weighted by atomic mass is 14.7. The van der Waals surface area contributed by atoms with Crippen LogP contribution < -0.4 is 0 Å². The van der Waals surface area contributed by atoms with Gasteiger partial charge in [0.15, 0.2) is 0 Å². The second kappa shape index (κ2) is 6.16. The Bertz CT molecular complexity index is 714. The van der Waals surface area contributed by atoms with Crippen LogP contribution in [0, 0.1) is 0 Å². The van der Waals surface area contributed by atoms with Gasteiger partial charge in [-0.25, -0.2) is 0 Å². The van der Waals surface area contributed by atoms with Crippen molar-refractivity contribution >= 4 is 17.0 Å². The normalized spacial score (nSPS) is 11.2. The van der Waals surface area contributed by atoms with Crippen molar-refractivity contribution < 1.29 is 0 Å². The Hall–Kier alpha value is -2.41. The second-order valence-corrected chi connectivity index (χ2v) is 4.85. The molecule has 0 spiro atoms. The number of allylic oxidation sites excluding steroid dienone is 1. The number of aromatic nitrogens is 1. The smallest absolute Gasteiger partial charge is 0.0705 e. The number of nitrogens with zero attached hydrogens (tertiary/aromatic N) is 1. The summed E-state index contributed by atoms with van der Waals surface area (Å²) < 4.78 is 0. The molecule has 0 saturated heterocycles. The van der Waals surface area contributed by atoms with E-state index in [9.17, 15) is 0 Å². The molecule has 0 aliphatic heterocycles. The molecular weight excluding hydrogens is 242 g/mol. The van der Waals surface area contributed by atoms with Crippen molar-refractivity contribution in [2.45, 2.75) is 12.8 Å². The van der Waals surface area contributed by atoms with E-state index < -0.39 is 0 Å². The fourth-order valence-electron chi connectivity index (χ4n) is 2.26. The van der Waals surface area contributed by atoms with E-state index in [1.165, 1.54) is 10.9 Å². The summed E-state index contributed by atoms with van der Waals surface area (Å²) in [7, 11) is 0. The standard InChI is InChI=1S/C19H17N/c1-2-8-16(9-3-1)10-4-6-12-18-15-14-17-11-5-7-13-19(17)20-18/h1-5,7-11,13-15H,6,12H2/b10-4+. The Morgan fingerprint density at radius 2 is 1.60 bits per heavy atom. The summed E-state index contributed by atoms with van der Waals surface area (Å²) in [5, 5.41) is 1.20. The zero-order valence-corrected chi connectivity index (χ0v) is 11.4. The fourth-order valence-corrected chi connectivity index (χ4v) is 2.26. The number of hydrogen-bond acceptors (Lipinski definition) is 1. The summed E-state index contributed by atoms with van der Waals surface area (Å²) in [6.45, 7) is 0. The zero-order chi connectivity index (χ0) is 13.6. The van der Waals surface area contributed by atoms with Crippen molar-refractivity contribution in [2.75, 3.05) is 0 Å². The lowest BCUT2D eigenvalue weighted by molar-refractivity contribution is 0.958. The van der Waals surface area contributed by atoms with Crippen LogP contribution in [-0.4, -0.2) is 4.98 Å². The first kappa shape index (κ1) is 12.6. The maximum atomic E-state index is 4.69. The van der Waals surface area contributed by atoms with Gasteiger partial charge in [-0.1, -0.05) is 66.7 Å². The monoisotopic (exact) mass is 259 g/mol. The Labute approximate surface area is 119 Å². The van der Waals surface area contributed by atoms with Crippen LogP contribution >= 0.6 is 0 Å². The van der Waals surface area contributed by atoms with Crippen LogP contribution in [0.4, 0.5) is 0 Å². The molecule has 0 aliphatic carbocycles. The van der Waals surface area contributed by atoms with Gasteiger partial charge in [0.2, 0.25) is 0 Å². The molecule has 98 valence electrons. The van der Waals surface area contributed by atoms with Crippen LogP contribution in [0.3, 0.4) is 0 Å². The van der Waals surface area contributed by atoms with Crippen molar-refractivity contribution in [3.63, 3.8) is 0 Å². The molecule has 20 heavy (non-hydrogen) atoms. The third-order valence-electron chi connectivity index (χ3n) is 3.33. The Balaban J connectivity index is 1.64. The molecule has 1 heterocycles. The Morgan fingerprint density at radius 3 is 2.50 bits per heavy atom. The van der Waals surface area contributed by atoms with E-state index >= 15 is 0 Å². The van der Waals surface area contributed by atoms with Crippen molar-refractivity contribution in [3.05, 3.63) is 84.1 Å². The lowest BCUT2D eigenvalue weighted by Crippen LogP contribution is -1.89. The van der Waals surface area contributed by atoms with Crippen LogP contribution in [0.25, 0.3) is 17.0 Å². The fraction of sp³-hybridized carbons (Fsp3) is 0.105. The van der Waals surface area contributed by atoms with Crippen LogP contribution in [-0.2, 0) is 6.42 Å². The average Bonchev–Trinajstić information content (AvgIpc) is 2.52. The molecule has 0 unspecified atom stereocenters. The predicted octanol–water partition coefficient (Wildman–Crippen LogP) is 4.88. The first-order valence-corrected chi connectivity index (χ1v) is 6.98. The Morgan fingerprint density at radius 1 is 0.800 bits per heavy atom. The molecule has 0 radical (unpaired) electrons. The van der Waals surface area contributed by atoms with E-state index in [-0.39, 0.29) is 0 Å². The maximum Gasteiger partial charge on any atom is 0.0705 e. The van der Waals surface area contributed by atoms with Gasteiger partial charge in [-0.2, -0.15) is 0 Å². The summed E-state index contributed by atoms with van der Waals surface area (Å²) in [5.74, 6) is 0. The molecule has 1 heteroatoms. The van der Waals surface area contributed by atoms with Crippen molar-refractivity contribution in [3.8, 4) is 0 Å². The third-order valence-corrected chi connectivity index (χ3v) is 3.33. The molecule has 0 N–H and O–H groups in total. The number of pyridine rings is 1. The van der Waals surface area contributed by atoms with Gasteiger partial charge in [0, 0.05) is 11.1 Å². The number of para-hydroxylation sites is 1. The molecule has 0 amide bonds. The highest BCUT2D eigenvalue weighted by Crippen LogP contribution is 2.13. The van der Waals surface area contributed by atoms with Gasteiger partial charge in [-0.05, 0) is 30.5 Å². The van der Waals surface area contributed by atoms with Gasteiger partial charge in [-0.3, -0.25) is 4.98 Å². The molecule has 1 nitrogen and oxygen atoms in total. The van der Waals surface area contributed by atoms with Gasteiger partial charge >= 0.3 is 0 Å². The number of aryl methyl sites for hydroxylation is 1. The molecule has 1 aromatic heterocycles. The van der Waals surface area contributed by atoms with Crippen LogP contribution in [0.15, 0.2) is 72.8 Å². The quantitative estimate of drug-likeness (QED) is 0.650. The first-order valence-electron chi connectivity index (χ1n) is 6.98. The summed E-state index contributed by atoms with van der Waals surface area (Å²) in [6.07, 6.45) is 6.38. The van der Waals surface area contributed by atoms with E-state index in [2.05, 4.69) is 65.7 Å². The number of hydrogen-bond donors (Lipinski definition) is 0. The molecule has 2 aromatic carbocycles. The highest BCUT2D eigenvalue weighted by Gasteiger charge is 1.96. The lowest BCUT2D eigenvalue weighted by atomic mass is 10.1. The van der Waals surface area contributed by atoms with Gasteiger partial charge in [0.05, 0.1) is 5.52 Å². The molecule has 3 aromatic rings. The minimum absolute atomic E-state index is 0.980. The van der Waals surface area contributed by atoms with Crippen molar-refractivity contribution in [1.29, 1.82) is 0 Å². The van der Waals surface area contributed by atoms with E-state index in [4.69, 9.17) is 0 Å². The molecular formula is C19H17N. The summed E-state index contributed by atoms with van der Waals surface area (Å²) in [4.78, 5) is 4.69. The minimum Gasteiger partial charge on any atom is -0.253 e. The third kappa shape index (κ3) is 3.12. The summed E-state index contributed by atoms with van der Waals surface area (Å²) in [5.41, 5.74) is 3.48. The van der Waals surface area contributed by atoms with E-state index in [0.29, 0.717) is 0 Å². The van der Waals surface area contributed by atoms with E-state index in [1.807, 2.05) is 18.2 Å². The van der Waals surface area contributed by atoms with Crippen LogP contribution in [0.1, 0.15) is 17.7 Å². The largest absolute Gasteiger partial charge is 0.253 e. The number of benzene rings is 2.